The molecule has 0 spiro atoms. The summed E-state index contributed by atoms with van der Waals surface area (Å²) in [5.74, 6) is 1.96. The van der Waals surface area contributed by atoms with Crippen molar-refractivity contribution in [2.45, 2.75) is 77.9 Å². The maximum absolute atomic E-state index is 11.9. The van der Waals surface area contributed by atoms with Crippen LogP contribution in [0.3, 0.4) is 0 Å². The van der Waals surface area contributed by atoms with Gasteiger partial charge in [-0.15, -0.1) is 6.58 Å². The van der Waals surface area contributed by atoms with E-state index in [1.165, 1.54) is 38.2 Å². The third kappa shape index (κ3) is 2.53. The Hall–Kier alpha value is -1.09. The van der Waals surface area contributed by atoms with Crippen molar-refractivity contribution in [1.29, 1.82) is 0 Å². The van der Waals surface area contributed by atoms with Crippen LogP contribution in [0.25, 0.3) is 0 Å². The lowest BCUT2D eigenvalue weighted by molar-refractivity contribution is -0.157. The summed E-state index contributed by atoms with van der Waals surface area (Å²) in [4.78, 5) is 11.9. The summed E-state index contributed by atoms with van der Waals surface area (Å²) in [6.45, 7) is 10.5. The summed E-state index contributed by atoms with van der Waals surface area (Å²) < 4.78 is 5.89. The Labute approximate surface area is 157 Å². The molecule has 0 aromatic carbocycles. The van der Waals surface area contributed by atoms with Gasteiger partial charge in [-0.05, 0) is 79.6 Å². The molecule has 0 aromatic heterocycles. The van der Waals surface area contributed by atoms with E-state index in [0.717, 1.165) is 19.3 Å². The van der Waals surface area contributed by atoms with Crippen molar-refractivity contribution in [2.75, 3.05) is 0 Å². The first-order chi connectivity index (χ1) is 12.3. The Balaban J connectivity index is 1.76. The lowest BCUT2D eigenvalue weighted by Gasteiger charge is -2.59. The number of rotatable bonds is 2. The minimum Gasteiger partial charge on any atom is -0.458 e. The molecule has 0 saturated heterocycles. The SMILES string of the molecule is C=C[C@H]1CC[C@H]2[C@@H]3[C@H](OC(C)=O)C=C4C[C@@H](O)CC[C@]4(C)[C@H]3CC[C@]12C. The zero-order valence-electron chi connectivity index (χ0n) is 16.5. The molecule has 4 aliphatic rings. The minimum atomic E-state index is -0.241. The molecular formula is C23H34O3. The quantitative estimate of drug-likeness (QED) is 0.577. The summed E-state index contributed by atoms with van der Waals surface area (Å²) in [6, 6.07) is 0. The number of carbonyl (C=O) groups is 1. The molecule has 0 unspecified atom stereocenters. The van der Waals surface area contributed by atoms with Gasteiger partial charge in [0.25, 0.3) is 0 Å². The highest BCUT2D eigenvalue weighted by Gasteiger charge is 2.60. The Morgan fingerprint density at radius 3 is 2.69 bits per heavy atom. The second-order valence-corrected chi connectivity index (χ2v) is 9.83. The molecule has 0 heterocycles. The Kier molecular flexibility index (Phi) is 4.38. The van der Waals surface area contributed by atoms with Crippen LogP contribution in [0, 0.1) is 34.5 Å². The van der Waals surface area contributed by atoms with Crippen molar-refractivity contribution in [3.8, 4) is 0 Å². The average Bonchev–Trinajstić information content (AvgIpc) is 2.92. The van der Waals surface area contributed by atoms with E-state index in [9.17, 15) is 9.90 Å². The lowest BCUT2D eigenvalue weighted by Crippen LogP contribution is -2.55. The van der Waals surface area contributed by atoms with Gasteiger partial charge in [-0.2, -0.15) is 0 Å². The molecular weight excluding hydrogens is 324 g/mol. The topological polar surface area (TPSA) is 46.5 Å². The molecule has 0 aromatic rings. The van der Waals surface area contributed by atoms with Crippen molar-refractivity contribution in [1.82, 2.24) is 0 Å². The normalized spacial score (nSPS) is 50.1. The highest BCUT2D eigenvalue weighted by molar-refractivity contribution is 5.66. The van der Waals surface area contributed by atoms with Gasteiger partial charge in [-0.3, -0.25) is 4.79 Å². The van der Waals surface area contributed by atoms with Gasteiger partial charge in [-0.25, -0.2) is 0 Å². The molecule has 3 nitrogen and oxygen atoms in total. The average molecular weight is 359 g/mol. The van der Waals surface area contributed by atoms with Crippen LogP contribution < -0.4 is 0 Å². The fraction of sp³-hybridized carbons (Fsp3) is 0.783. The smallest absolute Gasteiger partial charge is 0.303 e. The fourth-order valence-electron chi connectivity index (χ4n) is 7.34. The van der Waals surface area contributed by atoms with E-state index in [1.807, 2.05) is 0 Å². The highest BCUT2D eigenvalue weighted by atomic mass is 16.5. The third-order valence-corrected chi connectivity index (χ3v) is 8.74. The number of hydrogen-bond donors (Lipinski definition) is 1. The first-order valence-corrected chi connectivity index (χ1v) is 10.5. The first-order valence-electron chi connectivity index (χ1n) is 10.5. The molecule has 0 aliphatic heterocycles. The van der Waals surface area contributed by atoms with Crippen LogP contribution in [-0.2, 0) is 9.53 Å². The number of hydrogen-bond acceptors (Lipinski definition) is 3. The van der Waals surface area contributed by atoms with E-state index in [0.29, 0.717) is 23.7 Å². The van der Waals surface area contributed by atoms with Gasteiger partial charge in [0, 0.05) is 12.8 Å². The van der Waals surface area contributed by atoms with Crippen LogP contribution in [0.1, 0.15) is 65.7 Å². The number of carbonyl (C=O) groups excluding carboxylic acids is 1. The second-order valence-electron chi connectivity index (χ2n) is 9.83. The highest BCUT2D eigenvalue weighted by Crippen LogP contribution is 2.66. The van der Waals surface area contributed by atoms with E-state index in [1.54, 1.807) is 0 Å². The standard InChI is InChI=1S/C23H34O3/c1-5-15-6-7-18-21-19(9-11-22(15,18)3)23(4)10-8-17(25)12-16(23)13-20(21)26-14(2)24/h5,13,15,17-21,25H,1,6-12H2,2-4H3/t15-,17-,18-,19-,20+,21-,22+,23-/m0/s1. The molecule has 3 saturated carbocycles. The van der Waals surface area contributed by atoms with Crippen LogP contribution in [-0.4, -0.2) is 23.3 Å². The maximum Gasteiger partial charge on any atom is 0.303 e. The zero-order valence-corrected chi connectivity index (χ0v) is 16.5. The van der Waals surface area contributed by atoms with E-state index >= 15 is 0 Å². The van der Waals surface area contributed by atoms with Crippen molar-refractivity contribution in [3.63, 3.8) is 0 Å². The molecule has 1 N–H and O–H groups in total. The van der Waals surface area contributed by atoms with Gasteiger partial charge in [0.1, 0.15) is 6.10 Å². The van der Waals surface area contributed by atoms with E-state index in [2.05, 4.69) is 32.6 Å². The lowest BCUT2D eigenvalue weighted by atomic mass is 9.46. The van der Waals surface area contributed by atoms with Crippen LogP contribution in [0.4, 0.5) is 0 Å². The summed E-state index contributed by atoms with van der Waals surface area (Å²) in [7, 11) is 0. The predicted octanol–water partition coefficient (Wildman–Crippen LogP) is 4.65. The van der Waals surface area contributed by atoms with Crippen LogP contribution >= 0.6 is 0 Å². The zero-order chi connectivity index (χ0) is 18.7. The molecule has 3 fully saturated rings. The molecule has 4 aliphatic carbocycles. The summed E-state index contributed by atoms with van der Waals surface area (Å²) >= 11 is 0. The van der Waals surface area contributed by atoms with Gasteiger partial charge < -0.3 is 9.84 Å². The van der Waals surface area contributed by atoms with Crippen LogP contribution in [0.2, 0.25) is 0 Å². The third-order valence-electron chi connectivity index (χ3n) is 8.74. The minimum absolute atomic E-state index is 0.126. The Bertz CT molecular complexity index is 637. The monoisotopic (exact) mass is 358 g/mol. The molecule has 0 amide bonds. The number of esters is 1. The molecule has 144 valence electrons. The molecule has 0 radical (unpaired) electrons. The van der Waals surface area contributed by atoms with Gasteiger partial charge >= 0.3 is 5.97 Å². The first kappa shape index (κ1) is 18.3. The summed E-state index contributed by atoms with van der Waals surface area (Å²) in [5, 5.41) is 10.2. The van der Waals surface area contributed by atoms with Gasteiger partial charge in [0.2, 0.25) is 0 Å². The van der Waals surface area contributed by atoms with Crippen molar-refractivity contribution >= 4 is 5.97 Å². The van der Waals surface area contributed by atoms with Gasteiger partial charge in [0.15, 0.2) is 0 Å². The largest absolute Gasteiger partial charge is 0.458 e. The number of aliphatic hydroxyl groups excluding tert-OH is 1. The number of allylic oxidation sites excluding steroid dienone is 1. The molecule has 0 bridgehead atoms. The molecule has 4 rings (SSSR count). The Morgan fingerprint density at radius 2 is 2.00 bits per heavy atom. The molecule has 3 heteroatoms. The van der Waals surface area contributed by atoms with Crippen molar-refractivity contribution in [2.24, 2.45) is 34.5 Å². The summed E-state index contributed by atoms with van der Waals surface area (Å²) in [6.07, 6.45) is 11.6. The number of ether oxygens (including phenoxy) is 1. The Morgan fingerprint density at radius 1 is 1.23 bits per heavy atom. The van der Waals surface area contributed by atoms with Crippen LogP contribution in [0.15, 0.2) is 24.3 Å². The maximum atomic E-state index is 11.9. The molecule has 8 atom stereocenters. The van der Waals surface area contributed by atoms with E-state index < -0.39 is 0 Å². The predicted molar refractivity (Wildman–Crippen MR) is 102 cm³/mol. The summed E-state index contributed by atoms with van der Waals surface area (Å²) in [5.41, 5.74) is 1.79. The van der Waals surface area contributed by atoms with Crippen molar-refractivity contribution < 1.29 is 14.6 Å². The van der Waals surface area contributed by atoms with E-state index in [4.69, 9.17) is 4.74 Å². The second kappa shape index (κ2) is 6.22. The fourth-order valence-corrected chi connectivity index (χ4v) is 7.34. The number of aliphatic hydroxyl groups is 1. The molecule has 26 heavy (non-hydrogen) atoms. The number of fused-ring (bicyclic) bond motifs is 5. The van der Waals surface area contributed by atoms with Gasteiger partial charge in [0.05, 0.1) is 6.10 Å². The van der Waals surface area contributed by atoms with Crippen LogP contribution in [0.5, 0.6) is 0 Å². The van der Waals surface area contributed by atoms with E-state index in [-0.39, 0.29) is 29.0 Å². The van der Waals surface area contributed by atoms with Crippen molar-refractivity contribution in [3.05, 3.63) is 24.3 Å². The van der Waals surface area contributed by atoms with Gasteiger partial charge in [-0.1, -0.05) is 25.5 Å².